The zero-order chi connectivity index (χ0) is 28.9. The van der Waals surface area contributed by atoms with Crippen molar-refractivity contribution in [1.29, 1.82) is 0 Å². The van der Waals surface area contributed by atoms with Crippen LogP contribution in [0.5, 0.6) is 5.75 Å². The molecule has 0 unspecified atom stereocenters. The third-order valence-corrected chi connectivity index (χ3v) is 7.83. The number of anilines is 3. The van der Waals surface area contributed by atoms with E-state index in [1.54, 1.807) is 18.2 Å². The summed E-state index contributed by atoms with van der Waals surface area (Å²) in [6, 6.07) is 8.06. The van der Waals surface area contributed by atoms with E-state index in [0.717, 1.165) is 5.56 Å². The van der Waals surface area contributed by atoms with Crippen molar-refractivity contribution < 1.29 is 27.4 Å². The Kier molecular flexibility index (Phi) is 6.73. The summed E-state index contributed by atoms with van der Waals surface area (Å²) in [5.41, 5.74) is 1.30. The molecule has 1 aromatic carbocycles. The molecular formula is C28H29F4N7O2. The second kappa shape index (κ2) is 10.1. The molecule has 0 bridgehead atoms. The van der Waals surface area contributed by atoms with E-state index >= 15 is 0 Å². The third kappa shape index (κ3) is 5.26. The molecule has 13 heteroatoms. The average Bonchev–Trinajstić information content (AvgIpc) is 3.45. The molecule has 1 fully saturated rings. The Morgan fingerprint density at radius 3 is 2.61 bits per heavy atom. The number of aryl methyl sites for hydroxylation is 1. The maximum absolute atomic E-state index is 14.9. The number of piperazine rings is 1. The van der Waals surface area contributed by atoms with Crippen molar-refractivity contribution in [2.45, 2.75) is 38.1 Å². The number of alkyl halides is 3. The second-order valence-corrected chi connectivity index (χ2v) is 10.5. The first kappa shape index (κ1) is 27.2. The van der Waals surface area contributed by atoms with Crippen LogP contribution >= 0.6 is 0 Å². The van der Waals surface area contributed by atoms with Gasteiger partial charge in [0.25, 0.3) is 0 Å². The largest absolute Gasteiger partial charge is 0.573 e. The van der Waals surface area contributed by atoms with Crippen molar-refractivity contribution in [3.05, 3.63) is 59.8 Å². The van der Waals surface area contributed by atoms with E-state index < -0.39 is 17.8 Å². The Morgan fingerprint density at radius 1 is 1.10 bits per heavy atom. The lowest BCUT2D eigenvalue weighted by molar-refractivity contribution is -0.274. The monoisotopic (exact) mass is 571 g/mol. The van der Waals surface area contributed by atoms with E-state index in [4.69, 9.17) is 0 Å². The summed E-state index contributed by atoms with van der Waals surface area (Å²) in [4.78, 5) is 17.3. The van der Waals surface area contributed by atoms with Gasteiger partial charge in [-0.15, -0.1) is 13.2 Å². The number of benzene rings is 1. The number of aromatic nitrogens is 4. The minimum absolute atomic E-state index is 0.0494. The minimum Gasteiger partial charge on any atom is -0.403 e. The molecule has 0 saturated carbocycles. The van der Waals surface area contributed by atoms with Crippen molar-refractivity contribution >= 4 is 28.4 Å². The van der Waals surface area contributed by atoms with Crippen LogP contribution in [0.2, 0.25) is 0 Å². The van der Waals surface area contributed by atoms with Crippen LogP contribution < -0.4 is 15.0 Å². The number of nitrogens with zero attached hydrogens (tertiary/aromatic N) is 6. The highest BCUT2D eigenvalue weighted by molar-refractivity contribution is 5.79. The SMILES string of the molecule is CC[C@@]1(O)CCc2ccc(-n3cc(F)c4cnc(Nc5ccc(N6CCN(C)CC6)c(OC(F)(F)F)c5)nc43)nc21. The molecule has 1 saturated heterocycles. The number of hydrogen-bond donors (Lipinski definition) is 2. The molecular weight excluding hydrogens is 542 g/mol. The van der Waals surface area contributed by atoms with Crippen LogP contribution in [0.1, 0.15) is 31.0 Å². The normalized spacial score (nSPS) is 19.5. The standard InChI is InChI=1S/C28H29F4N7O2/c1-3-27(40)9-8-17-4-7-23(35-24(17)27)39-16-20(29)19-15-33-26(36-25(19)39)34-18-5-6-21(22(14-18)41-28(30,31)32)38-12-10-37(2)11-13-38/h4-7,14-16,40H,3,8-13H2,1-2H3,(H,33,34,36)/t27-/m1/s1. The summed E-state index contributed by atoms with van der Waals surface area (Å²) in [6.07, 6.45) is -0.547. The van der Waals surface area contributed by atoms with Crippen molar-refractivity contribution in [2.24, 2.45) is 0 Å². The van der Waals surface area contributed by atoms with Gasteiger partial charge in [-0.25, -0.2) is 14.4 Å². The lowest BCUT2D eigenvalue weighted by Gasteiger charge is -2.35. The lowest BCUT2D eigenvalue weighted by Crippen LogP contribution is -2.44. The average molecular weight is 572 g/mol. The molecule has 0 spiro atoms. The summed E-state index contributed by atoms with van der Waals surface area (Å²) in [5, 5.41) is 14.1. The molecule has 1 aliphatic heterocycles. The predicted molar refractivity (Wildman–Crippen MR) is 145 cm³/mol. The molecule has 0 radical (unpaired) electrons. The number of fused-ring (bicyclic) bond motifs is 2. The van der Waals surface area contributed by atoms with Gasteiger partial charge in [-0.1, -0.05) is 13.0 Å². The molecule has 0 amide bonds. The highest BCUT2D eigenvalue weighted by Crippen LogP contribution is 2.39. The van der Waals surface area contributed by atoms with Gasteiger partial charge in [-0.2, -0.15) is 4.98 Å². The fraction of sp³-hybridized carbons (Fsp3) is 0.393. The van der Waals surface area contributed by atoms with E-state index in [2.05, 4.69) is 29.9 Å². The maximum Gasteiger partial charge on any atom is 0.573 e. The molecule has 2 aliphatic rings. The summed E-state index contributed by atoms with van der Waals surface area (Å²) in [5.74, 6) is -0.466. The zero-order valence-electron chi connectivity index (χ0n) is 22.5. The number of rotatable bonds is 6. The number of hydrogen-bond acceptors (Lipinski definition) is 8. The van der Waals surface area contributed by atoms with Crippen molar-refractivity contribution in [3.8, 4) is 11.6 Å². The highest BCUT2D eigenvalue weighted by atomic mass is 19.4. The Balaban J connectivity index is 1.33. The van der Waals surface area contributed by atoms with Gasteiger partial charge >= 0.3 is 6.36 Å². The van der Waals surface area contributed by atoms with Gasteiger partial charge in [-0.05, 0) is 50.1 Å². The predicted octanol–water partition coefficient (Wildman–Crippen LogP) is 4.89. The van der Waals surface area contributed by atoms with E-state index in [0.29, 0.717) is 62.6 Å². The first-order valence-corrected chi connectivity index (χ1v) is 13.4. The van der Waals surface area contributed by atoms with E-state index in [-0.39, 0.29) is 28.4 Å². The highest BCUT2D eigenvalue weighted by Gasteiger charge is 2.37. The van der Waals surface area contributed by atoms with E-state index in [1.807, 2.05) is 24.9 Å². The minimum atomic E-state index is -4.87. The van der Waals surface area contributed by atoms with Crippen LogP contribution in [0.15, 0.2) is 42.7 Å². The van der Waals surface area contributed by atoms with Crippen molar-refractivity contribution in [1.82, 2.24) is 24.4 Å². The number of likely N-dealkylation sites (N-methyl/N-ethyl adjacent to an activating group) is 1. The van der Waals surface area contributed by atoms with Crippen molar-refractivity contribution in [3.63, 3.8) is 0 Å². The Morgan fingerprint density at radius 2 is 1.88 bits per heavy atom. The van der Waals surface area contributed by atoms with Gasteiger partial charge < -0.3 is 25.0 Å². The van der Waals surface area contributed by atoms with Gasteiger partial charge in [-0.3, -0.25) is 4.57 Å². The molecule has 2 N–H and O–H groups in total. The number of halogens is 4. The third-order valence-electron chi connectivity index (χ3n) is 7.83. The fourth-order valence-corrected chi connectivity index (χ4v) is 5.46. The van der Waals surface area contributed by atoms with Crippen LogP contribution in [-0.2, 0) is 12.0 Å². The Hall–Kier alpha value is -3.97. The first-order chi connectivity index (χ1) is 19.5. The molecule has 216 valence electrons. The number of nitrogens with one attached hydrogen (secondary N) is 1. The molecule has 9 nitrogen and oxygen atoms in total. The quantitative estimate of drug-likeness (QED) is 0.316. The van der Waals surface area contributed by atoms with Gasteiger partial charge in [0.2, 0.25) is 5.95 Å². The van der Waals surface area contributed by atoms with Gasteiger partial charge in [0, 0.05) is 50.3 Å². The molecule has 4 heterocycles. The summed E-state index contributed by atoms with van der Waals surface area (Å²) < 4.78 is 60.6. The van der Waals surface area contributed by atoms with Crippen LogP contribution in [0, 0.1) is 5.82 Å². The second-order valence-electron chi connectivity index (χ2n) is 10.5. The molecule has 4 aromatic rings. The van der Waals surface area contributed by atoms with Crippen LogP contribution in [-0.4, -0.2) is 69.1 Å². The molecule has 41 heavy (non-hydrogen) atoms. The van der Waals surface area contributed by atoms with Crippen LogP contribution in [0.3, 0.4) is 0 Å². The van der Waals surface area contributed by atoms with E-state index in [1.165, 1.54) is 23.0 Å². The van der Waals surface area contributed by atoms with Crippen molar-refractivity contribution in [2.75, 3.05) is 43.4 Å². The molecule has 1 atom stereocenters. The van der Waals surface area contributed by atoms with E-state index in [9.17, 15) is 22.7 Å². The number of aliphatic hydroxyl groups is 1. The summed E-state index contributed by atoms with van der Waals surface area (Å²) in [6.45, 7) is 4.44. The van der Waals surface area contributed by atoms with Crippen LogP contribution in [0.25, 0.3) is 16.9 Å². The molecule has 1 aliphatic carbocycles. The lowest BCUT2D eigenvalue weighted by atomic mass is 9.98. The summed E-state index contributed by atoms with van der Waals surface area (Å²) in [7, 11) is 1.96. The van der Waals surface area contributed by atoms with Gasteiger partial charge in [0.15, 0.2) is 17.2 Å². The summed E-state index contributed by atoms with van der Waals surface area (Å²) >= 11 is 0. The number of pyridine rings is 1. The topological polar surface area (TPSA) is 91.6 Å². The smallest absolute Gasteiger partial charge is 0.403 e. The number of ether oxygens (including phenoxy) is 1. The van der Waals surface area contributed by atoms with Gasteiger partial charge in [0.05, 0.1) is 16.8 Å². The Bertz CT molecular complexity index is 1600. The maximum atomic E-state index is 14.9. The first-order valence-electron chi connectivity index (χ1n) is 13.4. The Labute approximate surface area is 233 Å². The van der Waals surface area contributed by atoms with Crippen LogP contribution in [0.4, 0.5) is 34.9 Å². The molecule has 3 aromatic heterocycles. The van der Waals surface area contributed by atoms with Gasteiger partial charge in [0.1, 0.15) is 11.4 Å². The fourth-order valence-electron chi connectivity index (χ4n) is 5.46. The molecule has 6 rings (SSSR count). The zero-order valence-corrected chi connectivity index (χ0v) is 22.5.